The predicted octanol–water partition coefficient (Wildman–Crippen LogP) is 3.37. The average molecular weight is 391 g/mol. The summed E-state index contributed by atoms with van der Waals surface area (Å²) >= 11 is 0. The van der Waals surface area contributed by atoms with Crippen molar-refractivity contribution in [2.24, 2.45) is 0 Å². The zero-order chi connectivity index (χ0) is 20.2. The lowest BCUT2D eigenvalue weighted by atomic mass is 9.99. The van der Waals surface area contributed by atoms with Gasteiger partial charge in [-0.3, -0.25) is 4.98 Å². The summed E-state index contributed by atoms with van der Waals surface area (Å²) in [5, 5.41) is 3.39. The number of hydrogen-bond donors (Lipinski definition) is 1. The minimum absolute atomic E-state index is 0.693. The van der Waals surface area contributed by atoms with Gasteiger partial charge in [-0.15, -0.1) is 0 Å². The largest absolute Gasteiger partial charge is 0.493 e. The number of ether oxygens (including phenoxy) is 2. The van der Waals surface area contributed by atoms with E-state index in [-0.39, 0.29) is 0 Å². The highest BCUT2D eigenvalue weighted by atomic mass is 16.5. The maximum atomic E-state index is 5.47. The van der Waals surface area contributed by atoms with Crippen LogP contribution in [0.4, 0.5) is 11.8 Å². The number of aryl methyl sites for hydroxylation is 1. The van der Waals surface area contributed by atoms with Gasteiger partial charge < -0.3 is 19.7 Å². The molecular weight excluding hydrogens is 366 g/mol. The Bertz CT molecular complexity index is 994. The van der Waals surface area contributed by atoms with E-state index >= 15 is 0 Å². The highest BCUT2D eigenvalue weighted by Crippen LogP contribution is 2.34. The highest BCUT2D eigenvalue weighted by Gasteiger charge is 2.21. The third kappa shape index (κ3) is 4.23. The number of nitrogens with zero attached hydrogens (tertiary/aromatic N) is 4. The second-order valence-corrected chi connectivity index (χ2v) is 7.05. The molecule has 7 nitrogen and oxygen atoms in total. The van der Waals surface area contributed by atoms with Gasteiger partial charge in [0.25, 0.3) is 0 Å². The predicted molar refractivity (Wildman–Crippen MR) is 113 cm³/mol. The van der Waals surface area contributed by atoms with E-state index in [2.05, 4.69) is 32.3 Å². The number of nitrogens with one attached hydrogen (secondary N) is 1. The number of aromatic nitrogens is 3. The summed E-state index contributed by atoms with van der Waals surface area (Å²) in [6, 6.07) is 10.1. The number of pyridine rings is 1. The number of rotatable bonds is 6. The fraction of sp³-hybridized carbons (Fsp3) is 0.318. The Morgan fingerprint density at radius 2 is 1.72 bits per heavy atom. The van der Waals surface area contributed by atoms with Crippen molar-refractivity contribution in [2.45, 2.75) is 26.4 Å². The molecule has 0 spiro atoms. The maximum absolute atomic E-state index is 5.47. The lowest BCUT2D eigenvalue weighted by molar-refractivity contribution is 0.353. The topological polar surface area (TPSA) is 72.4 Å². The normalized spacial score (nSPS) is 13.0. The third-order valence-electron chi connectivity index (χ3n) is 5.07. The van der Waals surface area contributed by atoms with E-state index in [4.69, 9.17) is 14.5 Å². The Morgan fingerprint density at radius 1 is 1.00 bits per heavy atom. The Balaban J connectivity index is 1.54. The first-order valence-corrected chi connectivity index (χ1v) is 9.63. The molecule has 0 radical (unpaired) electrons. The number of anilines is 2. The molecule has 0 bridgehead atoms. The quantitative estimate of drug-likeness (QED) is 0.691. The molecule has 1 aliphatic rings. The number of benzene rings is 1. The van der Waals surface area contributed by atoms with E-state index in [1.807, 2.05) is 25.1 Å². The van der Waals surface area contributed by atoms with Gasteiger partial charge in [0.05, 0.1) is 14.2 Å². The van der Waals surface area contributed by atoms with Crippen molar-refractivity contribution in [1.82, 2.24) is 15.0 Å². The van der Waals surface area contributed by atoms with Crippen molar-refractivity contribution < 1.29 is 9.47 Å². The summed E-state index contributed by atoms with van der Waals surface area (Å²) in [5.74, 6) is 3.08. The maximum Gasteiger partial charge on any atom is 0.227 e. The molecule has 7 heteroatoms. The molecule has 1 aliphatic heterocycles. The van der Waals surface area contributed by atoms with Gasteiger partial charge in [-0.1, -0.05) is 0 Å². The monoisotopic (exact) mass is 391 g/mol. The van der Waals surface area contributed by atoms with Crippen LogP contribution < -0.4 is 19.7 Å². The molecule has 2 aromatic heterocycles. The molecule has 4 rings (SSSR count). The van der Waals surface area contributed by atoms with Crippen LogP contribution in [0.3, 0.4) is 0 Å². The summed E-state index contributed by atoms with van der Waals surface area (Å²) in [4.78, 5) is 15.7. The molecule has 0 aliphatic carbocycles. The van der Waals surface area contributed by atoms with E-state index in [1.54, 1.807) is 26.6 Å². The molecule has 0 saturated heterocycles. The molecule has 3 aromatic rings. The number of methoxy groups -OCH3 is 2. The first-order chi connectivity index (χ1) is 14.2. The van der Waals surface area contributed by atoms with Crippen molar-refractivity contribution >= 4 is 11.8 Å². The summed E-state index contributed by atoms with van der Waals surface area (Å²) in [6.07, 6.45) is 4.50. The molecule has 3 heterocycles. The Morgan fingerprint density at radius 3 is 2.45 bits per heavy atom. The van der Waals surface area contributed by atoms with Crippen LogP contribution in [0.5, 0.6) is 11.5 Å². The highest BCUT2D eigenvalue weighted by molar-refractivity contribution is 5.52. The molecule has 1 aromatic carbocycles. The van der Waals surface area contributed by atoms with Gasteiger partial charge in [0.2, 0.25) is 5.95 Å². The summed E-state index contributed by atoms with van der Waals surface area (Å²) in [6.45, 7) is 4.28. The minimum atomic E-state index is 0.693. The summed E-state index contributed by atoms with van der Waals surface area (Å²) in [7, 11) is 3.33. The molecule has 0 amide bonds. The molecule has 1 N–H and O–H groups in total. The summed E-state index contributed by atoms with van der Waals surface area (Å²) in [5.41, 5.74) is 4.59. The fourth-order valence-corrected chi connectivity index (χ4v) is 3.53. The van der Waals surface area contributed by atoms with Crippen LogP contribution in [0.2, 0.25) is 0 Å². The van der Waals surface area contributed by atoms with Crippen molar-refractivity contribution in [3.8, 4) is 11.5 Å². The van der Waals surface area contributed by atoms with Crippen molar-refractivity contribution in [3.63, 3.8) is 0 Å². The zero-order valence-electron chi connectivity index (χ0n) is 17.0. The third-order valence-corrected chi connectivity index (χ3v) is 5.07. The smallest absolute Gasteiger partial charge is 0.227 e. The number of hydrogen-bond acceptors (Lipinski definition) is 7. The van der Waals surface area contributed by atoms with E-state index in [0.29, 0.717) is 6.54 Å². The first kappa shape index (κ1) is 19.0. The van der Waals surface area contributed by atoms with Gasteiger partial charge in [-0.05, 0) is 54.3 Å². The van der Waals surface area contributed by atoms with E-state index in [1.165, 1.54) is 11.1 Å². The molecule has 0 atom stereocenters. The van der Waals surface area contributed by atoms with Crippen LogP contribution in [0.1, 0.15) is 22.4 Å². The van der Waals surface area contributed by atoms with Gasteiger partial charge in [0, 0.05) is 43.8 Å². The van der Waals surface area contributed by atoms with Gasteiger partial charge in [-0.25, -0.2) is 4.98 Å². The zero-order valence-corrected chi connectivity index (χ0v) is 17.0. The van der Waals surface area contributed by atoms with Crippen molar-refractivity contribution in [1.29, 1.82) is 0 Å². The van der Waals surface area contributed by atoms with Gasteiger partial charge in [0.15, 0.2) is 11.5 Å². The van der Waals surface area contributed by atoms with Crippen LogP contribution in [-0.2, 0) is 19.5 Å². The first-order valence-electron chi connectivity index (χ1n) is 9.63. The van der Waals surface area contributed by atoms with Crippen molar-refractivity contribution in [3.05, 3.63) is 65.1 Å². The SMILES string of the molecule is COc1cc2c(cc1OC)CN(c1nc(C)cc(NCc3ccncc3)n1)CC2. The van der Waals surface area contributed by atoms with Gasteiger partial charge in [0.1, 0.15) is 5.82 Å². The Kier molecular flexibility index (Phi) is 5.46. The average Bonchev–Trinajstić information content (AvgIpc) is 2.76. The van der Waals surface area contributed by atoms with Crippen LogP contribution in [0.25, 0.3) is 0 Å². The molecular formula is C22H25N5O2. The Hall–Kier alpha value is -3.35. The van der Waals surface area contributed by atoms with Gasteiger partial charge >= 0.3 is 0 Å². The van der Waals surface area contributed by atoms with E-state index in [0.717, 1.165) is 54.0 Å². The van der Waals surface area contributed by atoms with Crippen LogP contribution in [0, 0.1) is 6.92 Å². The standard InChI is InChI=1S/C22H25N5O2/c1-15-10-21(24-13-16-4-7-23-8-5-16)26-22(25-15)27-9-6-17-11-19(28-2)20(29-3)12-18(17)14-27/h4-5,7-8,10-12H,6,9,13-14H2,1-3H3,(H,24,25,26). The Labute approximate surface area is 170 Å². The molecule has 29 heavy (non-hydrogen) atoms. The van der Waals surface area contributed by atoms with Crippen molar-refractivity contribution in [2.75, 3.05) is 31.0 Å². The summed E-state index contributed by atoms with van der Waals surface area (Å²) < 4.78 is 10.9. The molecule has 150 valence electrons. The van der Waals surface area contributed by atoms with Crippen LogP contribution in [-0.4, -0.2) is 35.7 Å². The molecule has 0 unspecified atom stereocenters. The minimum Gasteiger partial charge on any atom is -0.493 e. The lowest BCUT2D eigenvalue weighted by Crippen LogP contribution is -2.32. The van der Waals surface area contributed by atoms with E-state index in [9.17, 15) is 0 Å². The second kappa shape index (κ2) is 8.34. The fourth-order valence-electron chi connectivity index (χ4n) is 3.53. The van der Waals surface area contributed by atoms with Crippen LogP contribution in [0.15, 0.2) is 42.7 Å². The van der Waals surface area contributed by atoms with E-state index < -0.39 is 0 Å². The molecule has 0 fully saturated rings. The number of fused-ring (bicyclic) bond motifs is 1. The second-order valence-electron chi connectivity index (χ2n) is 7.05. The lowest BCUT2D eigenvalue weighted by Gasteiger charge is -2.30. The van der Waals surface area contributed by atoms with Gasteiger partial charge in [-0.2, -0.15) is 4.98 Å². The molecule has 0 saturated carbocycles. The van der Waals surface area contributed by atoms with Crippen LogP contribution >= 0.6 is 0 Å².